The molecule has 0 N–H and O–H groups in total. The highest BCUT2D eigenvalue weighted by molar-refractivity contribution is 6.08. The zero-order valence-electron chi connectivity index (χ0n) is 14.0. The topological polar surface area (TPSA) is 60.9 Å². The summed E-state index contributed by atoms with van der Waals surface area (Å²) in [6, 6.07) is -0.108. The third kappa shape index (κ3) is 1.96. The monoisotopic (exact) mass is 319 g/mol. The summed E-state index contributed by atoms with van der Waals surface area (Å²) in [6.45, 7) is 5.40. The first-order chi connectivity index (χ1) is 11.0. The summed E-state index contributed by atoms with van der Waals surface area (Å²) in [5.74, 6) is 0.601. The number of hydrogen-bond acceptors (Lipinski definition) is 3. The molecule has 3 aliphatic heterocycles. The van der Waals surface area contributed by atoms with Crippen molar-refractivity contribution in [3.8, 4) is 0 Å². The maximum atomic E-state index is 13.1. The molecule has 3 saturated heterocycles. The summed E-state index contributed by atoms with van der Waals surface area (Å²) < 4.78 is 0. The number of fused-ring (bicyclic) bond motifs is 1. The minimum absolute atomic E-state index is 0.0506. The number of carbonyl (C=O) groups excluding carboxylic acids is 3. The van der Waals surface area contributed by atoms with E-state index in [0.29, 0.717) is 31.5 Å². The Labute approximate surface area is 136 Å². The first kappa shape index (κ1) is 15.0. The molecule has 0 aromatic rings. The van der Waals surface area contributed by atoms with E-state index in [0.717, 1.165) is 32.1 Å². The lowest BCUT2D eigenvalue weighted by Crippen LogP contribution is -2.46. The van der Waals surface area contributed by atoms with Gasteiger partial charge in [0.05, 0.1) is 6.04 Å². The van der Waals surface area contributed by atoms with Crippen LogP contribution in [0.5, 0.6) is 0 Å². The molecule has 23 heavy (non-hydrogen) atoms. The lowest BCUT2D eigenvalue weighted by atomic mass is 9.90. The van der Waals surface area contributed by atoms with Gasteiger partial charge in [0.2, 0.25) is 5.91 Å². The summed E-state index contributed by atoms with van der Waals surface area (Å²) in [5, 5.41) is 0. The highest BCUT2D eigenvalue weighted by Gasteiger charge is 2.61. The summed E-state index contributed by atoms with van der Waals surface area (Å²) in [5.41, 5.74) is -0.616. The van der Waals surface area contributed by atoms with Crippen LogP contribution in [0.4, 0.5) is 4.79 Å². The van der Waals surface area contributed by atoms with Crippen LogP contribution in [0.25, 0.3) is 0 Å². The fourth-order valence-electron chi connectivity index (χ4n) is 4.87. The Morgan fingerprint density at radius 2 is 2.00 bits per heavy atom. The van der Waals surface area contributed by atoms with Gasteiger partial charge in [-0.2, -0.15) is 0 Å². The SMILES string of the molecule is CCC[C@]12CCCN1C(=O)N([C@@H]1CC(=O)N([C@@H]3C[C@H]3C)C1)C2=O. The van der Waals surface area contributed by atoms with E-state index in [4.69, 9.17) is 0 Å². The van der Waals surface area contributed by atoms with Crippen LogP contribution in [0.3, 0.4) is 0 Å². The van der Waals surface area contributed by atoms with E-state index < -0.39 is 5.54 Å². The van der Waals surface area contributed by atoms with Crippen molar-refractivity contribution in [1.82, 2.24) is 14.7 Å². The Balaban J connectivity index is 1.57. The van der Waals surface area contributed by atoms with Gasteiger partial charge in [-0.05, 0) is 31.6 Å². The standard InChI is InChI=1S/C17H25N3O3/c1-3-5-17-6-4-7-19(17)16(23)20(15(17)22)12-9-14(21)18(10-12)13-8-11(13)2/h11-13H,3-10H2,1-2H3/t11-,12-,13-,17-/m1/s1. The number of nitrogens with zero attached hydrogens (tertiary/aromatic N) is 3. The van der Waals surface area contributed by atoms with Crippen molar-refractivity contribution in [2.75, 3.05) is 13.1 Å². The largest absolute Gasteiger partial charge is 0.337 e. The molecule has 0 aromatic heterocycles. The molecule has 3 heterocycles. The summed E-state index contributed by atoms with van der Waals surface area (Å²) >= 11 is 0. The summed E-state index contributed by atoms with van der Waals surface area (Å²) in [6.07, 6.45) is 4.65. The van der Waals surface area contributed by atoms with Gasteiger partial charge in [0.1, 0.15) is 5.54 Å². The van der Waals surface area contributed by atoms with Gasteiger partial charge in [-0.1, -0.05) is 20.3 Å². The molecule has 1 saturated carbocycles. The molecular weight excluding hydrogens is 294 g/mol. The number of rotatable bonds is 4. The Hall–Kier alpha value is -1.59. The zero-order valence-corrected chi connectivity index (χ0v) is 14.0. The van der Waals surface area contributed by atoms with Crippen LogP contribution in [0.1, 0.15) is 52.4 Å². The van der Waals surface area contributed by atoms with Gasteiger partial charge in [-0.25, -0.2) is 4.79 Å². The number of urea groups is 1. The second kappa shape index (κ2) is 4.95. The molecule has 0 spiro atoms. The van der Waals surface area contributed by atoms with Crippen molar-refractivity contribution >= 4 is 17.8 Å². The summed E-state index contributed by atoms with van der Waals surface area (Å²) in [4.78, 5) is 43.3. The fourth-order valence-corrected chi connectivity index (χ4v) is 4.87. The minimum Gasteiger partial charge on any atom is -0.337 e. The van der Waals surface area contributed by atoms with Gasteiger partial charge in [0.15, 0.2) is 0 Å². The van der Waals surface area contributed by atoms with Gasteiger partial charge in [0.25, 0.3) is 5.91 Å². The van der Waals surface area contributed by atoms with Crippen molar-refractivity contribution in [2.45, 2.75) is 70.0 Å². The molecule has 4 fully saturated rings. The predicted molar refractivity (Wildman–Crippen MR) is 83.5 cm³/mol. The molecule has 4 amide bonds. The lowest BCUT2D eigenvalue weighted by molar-refractivity contribution is -0.134. The smallest absolute Gasteiger partial charge is 0.328 e. The molecule has 0 bridgehead atoms. The zero-order chi connectivity index (χ0) is 16.4. The van der Waals surface area contributed by atoms with Crippen LogP contribution in [0.15, 0.2) is 0 Å². The van der Waals surface area contributed by atoms with Crippen molar-refractivity contribution in [3.63, 3.8) is 0 Å². The van der Waals surface area contributed by atoms with E-state index in [1.807, 2.05) is 4.90 Å². The minimum atomic E-state index is -0.616. The molecule has 0 unspecified atom stereocenters. The second-order valence-corrected chi connectivity index (χ2v) is 7.68. The molecule has 6 nitrogen and oxygen atoms in total. The van der Waals surface area contributed by atoms with Crippen molar-refractivity contribution < 1.29 is 14.4 Å². The van der Waals surface area contributed by atoms with Crippen molar-refractivity contribution in [2.24, 2.45) is 5.92 Å². The Morgan fingerprint density at radius 1 is 1.26 bits per heavy atom. The second-order valence-electron chi connectivity index (χ2n) is 7.68. The predicted octanol–water partition coefficient (Wildman–Crippen LogP) is 1.59. The van der Waals surface area contributed by atoms with Gasteiger partial charge in [-0.15, -0.1) is 0 Å². The van der Waals surface area contributed by atoms with Crippen LogP contribution in [0, 0.1) is 5.92 Å². The van der Waals surface area contributed by atoms with Gasteiger partial charge >= 0.3 is 6.03 Å². The van der Waals surface area contributed by atoms with Crippen molar-refractivity contribution in [3.05, 3.63) is 0 Å². The lowest BCUT2D eigenvalue weighted by Gasteiger charge is -2.27. The van der Waals surface area contributed by atoms with E-state index in [2.05, 4.69) is 13.8 Å². The van der Waals surface area contributed by atoms with Crippen LogP contribution < -0.4 is 0 Å². The van der Waals surface area contributed by atoms with Crippen molar-refractivity contribution in [1.29, 1.82) is 0 Å². The van der Waals surface area contributed by atoms with Crippen LogP contribution >= 0.6 is 0 Å². The van der Waals surface area contributed by atoms with Gasteiger partial charge in [0, 0.05) is 25.6 Å². The highest BCUT2D eigenvalue weighted by atomic mass is 16.2. The van der Waals surface area contributed by atoms with E-state index >= 15 is 0 Å². The van der Waals surface area contributed by atoms with E-state index in [1.54, 1.807) is 4.90 Å². The summed E-state index contributed by atoms with van der Waals surface area (Å²) in [7, 11) is 0. The van der Waals surface area contributed by atoms with E-state index in [1.165, 1.54) is 4.90 Å². The Morgan fingerprint density at radius 3 is 2.65 bits per heavy atom. The molecule has 4 rings (SSSR count). The average Bonchev–Trinajstić information content (AvgIpc) is 2.84. The third-order valence-corrected chi connectivity index (χ3v) is 6.18. The molecular formula is C17H25N3O3. The number of imide groups is 1. The van der Waals surface area contributed by atoms with Crippen LogP contribution in [-0.4, -0.2) is 63.3 Å². The van der Waals surface area contributed by atoms with E-state index in [9.17, 15) is 14.4 Å². The maximum absolute atomic E-state index is 13.1. The normalized spacial score (nSPS) is 39.7. The van der Waals surface area contributed by atoms with Crippen LogP contribution in [0.2, 0.25) is 0 Å². The maximum Gasteiger partial charge on any atom is 0.328 e. The molecule has 1 aliphatic carbocycles. The highest BCUT2D eigenvalue weighted by Crippen LogP contribution is 2.44. The number of carbonyl (C=O) groups is 3. The van der Waals surface area contributed by atoms with Gasteiger partial charge < -0.3 is 9.80 Å². The Kier molecular flexibility index (Phi) is 3.22. The Bertz CT molecular complexity index is 577. The van der Waals surface area contributed by atoms with E-state index in [-0.39, 0.29) is 23.9 Å². The quantitative estimate of drug-likeness (QED) is 0.739. The average molecular weight is 319 g/mol. The fraction of sp³-hybridized carbons (Fsp3) is 0.824. The first-order valence-corrected chi connectivity index (χ1v) is 8.94. The first-order valence-electron chi connectivity index (χ1n) is 8.94. The molecule has 0 aromatic carbocycles. The third-order valence-electron chi connectivity index (χ3n) is 6.18. The number of amides is 4. The van der Waals surface area contributed by atoms with Gasteiger partial charge in [-0.3, -0.25) is 14.5 Å². The molecule has 4 aliphatic rings. The molecule has 0 radical (unpaired) electrons. The molecule has 4 atom stereocenters. The number of hydrogen-bond donors (Lipinski definition) is 0. The molecule has 126 valence electrons. The molecule has 6 heteroatoms. The van der Waals surface area contributed by atoms with Crippen LogP contribution in [-0.2, 0) is 9.59 Å². The number of likely N-dealkylation sites (tertiary alicyclic amines) is 1.